The molecule has 0 saturated carbocycles. The molecular formula is C20H22O4. The smallest absolute Gasteiger partial charge is 0.159 e. The molecule has 24 heavy (non-hydrogen) atoms. The van der Waals surface area contributed by atoms with E-state index < -0.39 is 0 Å². The molecule has 4 nitrogen and oxygen atoms in total. The second kappa shape index (κ2) is 6.97. The van der Waals surface area contributed by atoms with Crippen molar-refractivity contribution in [2.75, 3.05) is 7.11 Å². The summed E-state index contributed by atoms with van der Waals surface area (Å²) in [5.74, 6) is 0.492. The number of rotatable bonds is 5. The van der Waals surface area contributed by atoms with E-state index in [0.29, 0.717) is 22.4 Å². The molecule has 126 valence electrons. The van der Waals surface area contributed by atoms with Gasteiger partial charge < -0.3 is 9.84 Å². The van der Waals surface area contributed by atoms with Crippen LogP contribution in [0.1, 0.15) is 51.3 Å². The number of methoxy groups -OCH3 is 1. The minimum atomic E-state index is -0.150. The maximum Gasteiger partial charge on any atom is 0.159 e. The van der Waals surface area contributed by atoms with E-state index in [0.717, 1.165) is 22.3 Å². The molecule has 0 aliphatic carbocycles. The first-order chi connectivity index (χ1) is 11.3. The summed E-state index contributed by atoms with van der Waals surface area (Å²) in [7, 11) is 1.56. The molecule has 0 atom stereocenters. The number of ketones is 2. The summed E-state index contributed by atoms with van der Waals surface area (Å²) in [6, 6.07) is 7.05. The van der Waals surface area contributed by atoms with E-state index in [4.69, 9.17) is 4.74 Å². The third-order valence-corrected chi connectivity index (χ3v) is 4.37. The number of carbonyl (C=O) groups excluding carboxylic acids is 2. The molecule has 0 spiro atoms. The number of ether oxygens (including phenoxy) is 1. The maximum absolute atomic E-state index is 11.8. The van der Waals surface area contributed by atoms with E-state index in [1.165, 1.54) is 13.8 Å². The Morgan fingerprint density at radius 1 is 0.917 bits per heavy atom. The van der Waals surface area contributed by atoms with Crippen LogP contribution in [-0.4, -0.2) is 23.8 Å². The lowest BCUT2D eigenvalue weighted by atomic mass is 9.89. The average Bonchev–Trinajstić information content (AvgIpc) is 2.55. The molecule has 2 aromatic rings. The SMILES string of the molecule is COc1cc(C(C)=O)cc(-c2cc(C(C)=O)cc(CO)c2C)c1C. The summed E-state index contributed by atoms with van der Waals surface area (Å²) in [6.07, 6.45) is 0. The van der Waals surface area contributed by atoms with Crippen LogP contribution in [0.4, 0.5) is 0 Å². The second-order valence-electron chi connectivity index (χ2n) is 5.93. The molecule has 2 aromatic carbocycles. The summed E-state index contributed by atoms with van der Waals surface area (Å²) < 4.78 is 5.40. The minimum Gasteiger partial charge on any atom is -0.496 e. The van der Waals surface area contributed by atoms with Gasteiger partial charge >= 0.3 is 0 Å². The van der Waals surface area contributed by atoms with Crippen LogP contribution in [0.25, 0.3) is 11.1 Å². The van der Waals surface area contributed by atoms with Crippen molar-refractivity contribution in [3.8, 4) is 16.9 Å². The molecule has 0 saturated heterocycles. The summed E-state index contributed by atoms with van der Waals surface area (Å²) in [6.45, 7) is 6.66. The van der Waals surface area contributed by atoms with Gasteiger partial charge in [-0.2, -0.15) is 0 Å². The van der Waals surface area contributed by atoms with E-state index in [9.17, 15) is 14.7 Å². The zero-order chi connectivity index (χ0) is 18.0. The molecule has 0 heterocycles. The molecule has 0 bridgehead atoms. The minimum absolute atomic E-state index is 0.0580. The normalized spacial score (nSPS) is 10.6. The highest BCUT2D eigenvalue weighted by molar-refractivity contribution is 5.98. The van der Waals surface area contributed by atoms with Crippen LogP contribution in [0.2, 0.25) is 0 Å². The fourth-order valence-electron chi connectivity index (χ4n) is 2.80. The van der Waals surface area contributed by atoms with Crippen LogP contribution in [-0.2, 0) is 6.61 Å². The van der Waals surface area contributed by atoms with Gasteiger partial charge in [0.05, 0.1) is 13.7 Å². The van der Waals surface area contributed by atoms with Crippen LogP contribution in [0.3, 0.4) is 0 Å². The Kier molecular flexibility index (Phi) is 5.20. The Morgan fingerprint density at radius 3 is 1.88 bits per heavy atom. The van der Waals surface area contributed by atoms with Gasteiger partial charge in [0.1, 0.15) is 5.75 Å². The van der Waals surface area contributed by atoms with E-state index >= 15 is 0 Å². The third-order valence-electron chi connectivity index (χ3n) is 4.37. The van der Waals surface area contributed by atoms with Gasteiger partial charge in [0.15, 0.2) is 11.6 Å². The van der Waals surface area contributed by atoms with Gasteiger partial charge in [-0.05, 0) is 79.8 Å². The number of Topliss-reactive ketones (excluding diaryl/α,β-unsaturated/α-hetero) is 2. The zero-order valence-corrected chi connectivity index (χ0v) is 14.7. The number of aliphatic hydroxyl groups is 1. The molecule has 2 rings (SSSR count). The van der Waals surface area contributed by atoms with Crippen LogP contribution < -0.4 is 4.74 Å². The lowest BCUT2D eigenvalue weighted by Gasteiger charge is -2.17. The standard InChI is InChI=1S/C20H22O4/c1-11-17(10-21)6-15(13(3)22)7-18(11)19-8-16(14(4)23)9-20(24-5)12(19)2/h6-9,21H,10H2,1-5H3. The molecule has 0 aromatic heterocycles. The average molecular weight is 326 g/mol. The Hall–Kier alpha value is -2.46. The summed E-state index contributed by atoms with van der Waals surface area (Å²) in [5, 5.41) is 9.62. The van der Waals surface area contributed by atoms with Crippen LogP contribution >= 0.6 is 0 Å². The van der Waals surface area contributed by atoms with Gasteiger partial charge in [-0.1, -0.05) is 0 Å². The Morgan fingerprint density at radius 2 is 1.42 bits per heavy atom. The van der Waals surface area contributed by atoms with Crippen LogP contribution in [0.15, 0.2) is 24.3 Å². The molecule has 0 amide bonds. The molecule has 0 aliphatic heterocycles. The first kappa shape index (κ1) is 17.9. The monoisotopic (exact) mass is 326 g/mol. The van der Waals surface area contributed by atoms with Crippen molar-refractivity contribution in [1.29, 1.82) is 0 Å². The number of benzene rings is 2. The van der Waals surface area contributed by atoms with Crippen molar-refractivity contribution >= 4 is 11.6 Å². The Balaban J connectivity index is 2.84. The molecule has 0 unspecified atom stereocenters. The predicted molar refractivity (Wildman–Crippen MR) is 93.8 cm³/mol. The van der Waals surface area contributed by atoms with Gasteiger partial charge in [0, 0.05) is 11.1 Å². The van der Waals surface area contributed by atoms with E-state index in [-0.39, 0.29) is 18.2 Å². The highest BCUT2D eigenvalue weighted by Gasteiger charge is 2.17. The highest BCUT2D eigenvalue weighted by Crippen LogP contribution is 2.35. The van der Waals surface area contributed by atoms with E-state index in [1.807, 2.05) is 26.0 Å². The Bertz CT molecular complexity index is 749. The van der Waals surface area contributed by atoms with Crippen LogP contribution in [0, 0.1) is 13.8 Å². The second-order valence-corrected chi connectivity index (χ2v) is 5.93. The number of aliphatic hydroxyl groups excluding tert-OH is 1. The lowest BCUT2D eigenvalue weighted by molar-refractivity contribution is 0.100. The van der Waals surface area contributed by atoms with Crippen molar-refractivity contribution in [2.24, 2.45) is 0 Å². The first-order valence-electron chi connectivity index (χ1n) is 7.75. The van der Waals surface area contributed by atoms with Gasteiger partial charge in [-0.3, -0.25) is 9.59 Å². The van der Waals surface area contributed by atoms with Gasteiger partial charge in [-0.15, -0.1) is 0 Å². The molecular weight excluding hydrogens is 304 g/mol. The van der Waals surface area contributed by atoms with Crippen molar-refractivity contribution in [3.05, 3.63) is 52.1 Å². The molecule has 0 aliphatic rings. The summed E-state index contributed by atoms with van der Waals surface area (Å²) in [5.41, 5.74) is 5.20. The largest absolute Gasteiger partial charge is 0.496 e. The van der Waals surface area contributed by atoms with Crippen molar-refractivity contribution < 1.29 is 19.4 Å². The molecule has 4 heteroatoms. The van der Waals surface area contributed by atoms with E-state index in [2.05, 4.69) is 0 Å². The Labute approximate surface area is 142 Å². The summed E-state index contributed by atoms with van der Waals surface area (Å²) in [4.78, 5) is 23.7. The zero-order valence-electron chi connectivity index (χ0n) is 14.7. The van der Waals surface area contributed by atoms with Crippen LogP contribution in [0.5, 0.6) is 5.75 Å². The fourth-order valence-corrected chi connectivity index (χ4v) is 2.80. The van der Waals surface area contributed by atoms with Gasteiger partial charge in [0.2, 0.25) is 0 Å². The molecule has 0 fully saturated rings. The topological polar surface area (TPSA) is 63.6 Å². The molecule has 0 radical (unpaired) electrons. The van der Waals surface area contributed by atoms with Crippen molar-refractivity contribution in [3.63, 3.8) is 0 Å². The van der Waals surface area contributed by atoms with Crippen molar-refractivity contribution in [1.82, 2.24) is 0 Å². The van der Waals surface area contributed by atoms with Gasteiger partial charge in [0.25, 0.3) is 0 Å². The highest BCUT2D eigenvalue weighted by atomic mass is 16.5. The maximum atomic E-state index is 11.8. The number of carbonyl (C=O) groups is 2. The fraction of sp³-hybridized carbons (Fsp3) is 0.300. The van der Waals surface area contributed by atoms with Crippen molar-refractivity contribution in [2.45, 2.75) is 34.3 Å². The quantitative estimate of drug-likeness (QED) is 0.847. The first-order valence-corrected chi connectivity index (χ1v) is 7.75. The number of hydrogen-bond acceptors (Lipinski definition) is 4. The van der Waals surface area contributed by atoms with Gasteiger partial charge in [-0.25, -0.2) is 0 Å². The molecule has 1 N–H and O–H groups in total. The summed E-state index contributed by atoms with van der Waals surface area (Å²) >= 11 is 0. The predicted octanol–water partition coefficient (Wildman–Crippen LogP) is 3.88. The van der Waals surface area contributed by atoms with E-state index in [1.54, 1.807) is 19.2 Å². The number of hydrogen-bond donors (Lipinski definition) is 1. The lowest BCUT2D eigenvalue weighted by Crippen LogP contribution is -2.03. The third kappa shape index (κ3) is 3.24.